The minimum absolute atomic E-state index is 0.153. The molecule has 1 aromatic heterocycles. The van der Waals surface area contributed by atoms with Crippen molar-refractivity contribution in [3.63, 3.8) is 0 Å². The summed E-state index contributed by atoms with van der Waals surface area (Å²) in [6, 6.07) is 17.1. The third kappa shape index (κ3) is 7.70. The molecule has 49 heavy (non-hydrogen) atoms. The highest BCUT2D eigenvalue weighted by atomic mass is 32.2. The van der Waals surface area contributed by atoms with E-state index >= 15 is 0 Å². The van der Waals surface area contributed by atoms with Crippen LogP contribution in [0.1, 0.15) is 110 Å². The fourth-order valence-electron chi connectivity index (χ4n) is 8.36. The van der Waals surface area contributed by atoms with Gasteiger partial charge in [0, 0.05) is 26.6 Å². The van der Waals surface area contributed by atoms with Crippen LogP contribution in [-0.2, 0) is 28.4 Å². The highest BCUT2D eigenvalue weighted by molar-refractivity contribution is 7.89. The summed E-state index contributed by atoms with van der Waals surface area (Å²) in [5.41, 5.74) is 5.84. The molecule has 3 atom stereocenters. The SMILES string of the molecule is COc1cc([C@@H](CC(=O)O)c2ccc(C)c(CN(C)S(=O)(=O)c3ccc(C4CCCCC(C5CCCC5)CC4)cc3)c2)cc2nnn(C)c12. The molecule has 4 aromatic rings. The molecule has 9 nitrogen and oxygen atoms in total. The van der Waals surface area contributed by atoms with Gasteiger partial charge in [-0.1, -0.05) is 80.5 Å². The summed E-state index contributed by atoms with van der Waals surface area (Å²) in [4.78, 5) is 12.4. The van der Waals surface area contributed by atoms with Crippen molar-refractivity contribution in [3.05, 3.63) is 82.4 Å². The molecule has 1 N–H and O–H groups in total. The predicted molar refractivity (Wildman–Crippen MR) is 191 cm³/mol. The molecular formula is C39H50N4O5S. The van der Waals surface area contributed by atoms with Crippen LogP contribution in [0.3, 0.4) is 0 Å². The first-order valence-corrected chi connectivity index (χ1v) is 19.2. The molecule has 10 heteroatoms. The first kappa shape index (κ1) is 35.1. The van der Waals surface area contributed by atoms with E-state index in [-0.39, 0.29) is 17.9 Å². The van der Waals surface area contributed by atoms with Crippen LogP contribution in [0.15, 0.2) is 59.5 Å². The van der Waals surface area contributed by atoms with Crippen LogP contribution < -0.4 is 4.74 Å². The third-order valence-electron chi connectivity index (χ3n) is 11.2. The van der Waals surface area contributed by atoms with E-state index < -0.39 is 21.9 Å². The van der Waals surface area contributed by atoms with Gasteiger partial charge < -0.3 is 9.84 Å². The van der Waals surface area contributed by atoms with E-state index in [1.807, 2.05) is 49.4 Å². The fourth-order valence-corrected chi connectivity index (χ4v) is 9.51. The number of nitrogens with zero attached hydrogens (tertiary/aromatic N) is 4. The van der Waals surface area contributed by atoms with Crippen molar-refractivity contribution in [2.24, 2.45) is 18.9 Å². The zero-order chi connectivity index (χ0) is 34.7. The Labute approximate surface area is 290 Å². The molecule has 2 saturated carbocycles. The molecule has 2 aliphatic carbocycles. The molecule has 0 saturated heterocycles. The number of carboxylic acids is 1. The summed E-state index contributed by atoms with van der Waals surface area (Å²) >= 11 is 0. The summed E-state index contributed by atoms with van der Waals surface area (Å²) in [7, 11) is 1.19. The van der Waals surface area contributed by atoms with Crippen LogP contribution in [0.2, 0.25) is 0 Å². The number of aromatic nitrogens is 3. The zero-order valence-corrected chi connectivity index (χ0v) is 30.1. The standard InChI is InChI=1S/C39H50N4O5S/c1-26-13-14-31(35(24-38(44)45)32-22-36-39(37(23-32)48-4)43(3)41-40-36)21-33(26)25-42(2)49(46,47)34-19-17-30(18-20-34)29-12-8-7-11-28(15-16-29)27-9-5-6-10-27/h13-14,17-23,27-29,35H,5-12,15-16,24-25H2,1-4H3,(H,44,45)/t28?,29?,35-/m0/s1. The van der Waals surface area contributed by atoms with E-state index in [1.54, 1.807) is 38.0 Å². The van der Waals surface area contributed by atoms with Gasteiger partial charge in [-0.25, -0.2) is 13.1 Å². The molecule has 1 heterocycles. The van der Waals surface area contributed by atoms with Crippen LogP contribution in [-0.4, -0.2) is 53.0 Å². The maximum absolute atomic E-state index is 13.8. The number of aliphatic carboxylic acids is 1. The van der Waals surface area contributed by atoms with Gasteiger partial charge >= 0.3 is 5.97 Å². The van der Waals surface area contributed by atoms with Gasteiger partial charge in [0.25, 0.3) is 0 Å². The zero-order valence-electron chi connectivity index (χ0n) is 29.3. The second kappa shape index (κ2) is 15.0. The van der Waals surface area contributed by atoms with Crippen LogP contribution in [0, 0.1) is 18.8 Å². The number of sulfonamides is 1. The Bertz CT molecular complexity index is 1880. The van der Waals surface area contributed by atoms with Gasteiger partial charge in [-0.05, 0) is 96.0 Å². The van der Waals surface area contributed by atoms with E-state index in [0.717, 1.165) is 39.6 Å². The predicted octanol–water partition coefficient (Wildman–Crippen LogP) is 7.96. The molecule has 0 aliphatic heterocycles. The summed E-state index contributed by atoms with van der Waals surface area (Å²) < 4.78 is 36.3. The van der Waals surface area contributed by atoms with Crippen molar-refractivity contribution in [1.82, 2.24) is 19.3 Å². The molecular weight excluding hydrogens is 637 g/mol. The van der Waals surface area contributed by atoms with Crippen molar-refractivity contribution in [2.75, 3.05) is 14.2 Å². The van der Waals surface area contributed by atoms with Crippen LogP contribution in [0.5, 0.6) is 5.75 Å². The highest BCUT2D eigenvalue weighted by Crippen LogP contribution is 2.41. The number of carboxylic acid groups (broad SMARTS) is 1. The first-order valence-electron chi connectivity index (χ1n) is 17.8. The average Bonchev–Trinajstić information content (AvgIpc) is 3.75. The Hall–Kier alpha value is -3.76. The van der Waals surface area contributed by atoms with E-state index in [0.29, 0.717) is 17.2 Å². The lowest BCUT2D eigenvalue weighted by atomic mass is 9.77. The fraction of sp³-hybridized carbons (Fsp3) is 0.513. The minimum Gasteiger partial charge on any atom is -0.494 e. The molecule has 6 rings (SSSR count). The smallest absolute Gasteiger partial charge is 0.304 e. The van der Waals surface area contributed by atoms with Gasteiger partial charge in [0.1, 0.15) is 16.8 Å². The monoisotopic (exact) mass is 686 g/mol. The van der Waals surface area contributed by atoms with Gasteiger partial charge in [0.2, 0.25) is 10.0 Å². The van der Waals surface area contributed by atoms with Crippen molar-refractivity contribution in [2.45, 2.75) is 101 Å². The number of benzene rings is 3. The minimum atomic E-state index is -3.76. The number of fused-ring (bicyclic) bond motifs is 1. The highest BCUT2D eigenvalue weighted by Gasteiger charge is 2.28. The average molecular weight is 687 g/mol. The summed E-state index contributed by atoms with van der Waals surface area (Å²) in [5, 5.41) is 18.2. The van der Waals surface area contributed by atoms with Crippen molar-refractivity contribution in [3.8, 4) is 5.75 Å². The largest absolute Gasteiger partial charge is 0.494 e. The number of rotatable bonds is 11. The topological polar surface area (TPSA) is 115 Å². The van der Waals surface area contributed by atoms with Crippen molar-refractivity contribution < 1.29 is 23.1 Å². The number of hydrogen-bond donors (Lipinski definition) is 1. The lowest BCUT2D eigenvalue weighted by Crippen LogP contribution is -2.27. The maximum Gasteiger partial charge on any atom is 0.304 e. The maximum atomic E-state index is 13.8. The Morgan fingerprint density at radius 1 is 0.939 bits per heavy atom. The van der Waals surface area contributed by atoms with Crippen molar-refractivity contribution in [1.29, 1.82) is 0 Å². The van der Waals surface area contributed by atoms with E-state index in [2.05, 4.69) is 10.3 Å². The van der Waals surface area contributed by atoms with E-state index in [9.17, 15) is 18.3 Å². The van der Waals surface area contributed by atoms with Gasteiger partial charge in [0.05, 0.1) is 18.4 Å². The normalized spacial score (nSPS) is 19.9. The quantitative estimate of drug-likeness (QED) is 0.170. The molecule has 0 bridgehead atoms. The van der Waals surface area contributed by atoms with E-state index in [1.165, 1.54) is 74.1 Å². The number of methoxy groups -OCH3 is 1. The second-order valence-electron chi connectivity index (χ2n) is 14.3. The first-order chi connectivity index (χ1) is 23.5. The number of hydrogen-bond acceptors (Lipinski definition) is 6. The number of aryl methyl sites for hydroxylation is 2. The Morgan fingerprint density at radius 2 is 1.61 bits per heavy atom. The van der Waals surface area contributed by atoms with Crippen LogP contribution in [0.4, 0.5) is 0 Å². The summed E-state index contributed by atoms with van der Waals surface area (Å²) in [5.74, 6) is 1.35. The van der Waals surface area contributed by atoms with Gasteiger partial charge in [-0.2, -0.15) is 4.31 Å². The molecule has 262 valence electrons. The number of ether oxygens (including phenoxy) is 1. The molecule has 2 fully saturated rings. The lowest BCUT2D eigenvalue weighted by molar-refractivity contribution is -0.137. The van der Waals surface area contributed by atoms with Crippen molar-refractivity contribution >= 4 is 27.0 Å². The summed E-state index contributed by atoms with van der Waals surface area (Å²) in [6.07, 6.45) is 13.0. The molecule has 0 amide bonds. The van der Waals surface area contributed by atoms with Gasteiger partial charge in [-0.15, -0.1) is 5.10 Å². The van der Waals surface area contributed by atoms with Crippen LogP contribution >= 0.6 is 0 Å². The molecule has 0 spiro atoms. The Kier molecular flexibility index (Phi) is 10.7. The number of carbonyl (C=O) groups is 1. The lowest BCUT2D eigenvalue weighted by Gasteiger charge is -2.29. The Balaban J connectivity index is 1.20. The molecule has 2 unspecified atom stereocenters. The molecule has 2 aliphatic rings. The molecule has 3 aromatic carbocycles. The Morgan fingerprint density at radius 3 is 2.29 bits per heavy atom. The third-order valence-corrected chi connectivity index (χ3v) is 13.1. The van der Waals surface area contributed by atoms with E-state index in [4.69, 9.17) is 4.74 Å². The second-order valence-corrected chi connectivity index (χ2v) is 16.4. The van der Waals surface area contributed by atoms with Gasteiger partial charge in [0.15, 0.2) is 0 Å². The molecule has 0 radical (unpaired) electrons. The van der Waals surface area contributed by atoms with Gasteiger partial charge in [-0.3, -0.25) is 4.79 Å². The van der Waals surface area contributed by atoms with Crippen LogP contribution in [0.25, 0.3) is 11.0 Å². The summed E-state index contributed by atoms with van der Waals surface area (Å²) in [6.45, 7) is 2.10.